The summed E-state index contributed by atoms with van der Waals surface area (Å²) in [5.74, 6) is 0.490. The number of nitriles is 1. The van der Waals surface area contributed by atoms with Gasteiger partial charge in [-0.2, -0.15) is 5.26 Å². The van der Waals surface area contributed by atoms with E-state index < -0.39 is 0 Å². The second-order valence-corrected chi connectivity index (χ2v) is 5.85. The maximum absolute atomic E-state index is 12.3. The molecule has 2 atom stereocenters. The molecule has 21 heavy (non-hydrogen) atoms. The van der Waals surface area contributed by atoms with Gasteiger partial charge in [0.15, 0.2) is 0 Å². The smallest absolute Gasteiger partial charge is 0.270 e. The zero-order valence-electron chi connectivity index (χ0n) is 12.9. The van der Waals surface area contributed by atoms with Gasteiger partial charge in [0.25, 0.3) is 5.91 Å². The summed E-state index contributed by atoms with van der Waals surface area (Å²) in [6.45, 7) is 3.96. The minimum Gasteiger partial charge on any atom is -0.348 e. The Morgan fingerprint density at radius 3 is 2.95 bits per heavy atom. The van der Waals surface area contributed by atoms with E-state index in [0.29, 0.717) is 22.9 Å². The molecular formula is C17H23N3O. The van der Waals surface area contributed by atoms with Gasteiger partial charge in [0.05, 0.1) is 11.3 Å². The first-order chi connectivity index (χ1) is 10.2. The molecule has 0 spiro atoms. The summed E-state index contributed by atoms with van der Waals surface area (Å²) in [7, 11) is 0. The number of carbonyl (C=O) groups excluding carboxylic acids is 1. The highest BCUT2D eigenvalue weighted by Crippen LogP contribution is 2.30. The number of aryl methyl sites for hydroxylation is 1. The van der Waals surface area contributed by atoms with E-state index in [2.05, 4.69) is 23.3 Å². The van der Waals surface area contributed by atoms with Crippen LogP contribution in [0.25, 0.3) is 0 Å². The summed E-state index contributed by atoms with van der Waals surface area (Å²) < 4.78 is 0. The number of nitrogens with one attached hydrogen (secondary N) is 1. The van der Waals surface area contributed by atoms with Crippen molar-refractivity contribution in [2.24, 2.45) is 5.92 Å². The van der Waals surface area contributed by atoms with Crippen molar-refractivity contribution in [1.82, 2.24) is 10.3 Å². The van der Waals surface area contributed by atoms with Crippen LogP contribution in [-0.2, 0) is 0 Å². The van der Waals surface area contributed by atoms with Crippen LogP contribution in [0.1, 0.15) is 67.2 Å². The van der Waals surface area contributed by atoms with E-state index >= 15 is 0 Å². The molecule has 1 amide bonds. The first-order valence-electron chi connectivity index (χ1n) is 7.84. The summed E-state index contributed by atoms with van der Waals surface area (Å²) in [4.78, 5) is 16.6. The van der Waals surface area contributed by atoms with Crippen LogP contribution >= 0.6 is 0 Å². The monoisotopic (exact) mass is 285 g/mol. The predicted octanol–water partition coefficient (Wildman–Crippen LogP) is 3.35. The maximum atomic E-state index is 12.3. The number of carbonyl (C=O) groups is 1. The second-order valence-electron chi connectivity index (χ2n) is 5.85. The lowest BCUT2D eigenvalue weighted by Crippen LogP contribution is -2.37. The van der Waals surface area contributed by atoms with E-state index in [1.54, 1.807) is 19.1 Å². The van der Waals surface area contributed by atoms with Gasteiger partial charge in [-0.25, -0.2) is 4.98 Å². The quantitative estimate of drug-likeness (QED) is 0.902. The number of unbranched alkanes of at least 4 members (excludes halogenated alkanes) is 1. The number of rotatable bonds is 5. The highest BCUT2D eigenvalue weighted by atomic mass is 16.1. The third kappa shape index (κ3) is 3.81. The van der Waals surface area contributed by atoms with Gasteiger partial charge >= 0.3 is 0 Å². The SMILES string of the molecule is CCCCC1CCCC1NC(=O)c1ccc(C#N)c(C)n1. The van der Waals surface area contributed by atoms with Gasteiger partial charge in [-0.15, -0.1) is 0 Å². The van der Waals surface area contributed by atoms with Crippen molar-refractivity contribution in [3.8, 4) is 6.07 Å². The van der Waals surface area contributed by atoms with Crippen molar-refractivity contribution in [2.75, 3.05) is 0 Å². The van der Waals surface area contributed by atoms with Crippen molar-refractivity contribution >= 4 is 5.91 Å². The third-order valence-electron chi connectivity index (χ3n) is 4.34. The standard InChI is InChI=1S/C17H23N3O/c1-3-4-6-13-7-5-8-15(13)20-17(21)16-10-9-14(11-18)12(2)19-16/h9-10,13,15H,3-8H2,1-2H3,(H,20,21). The van der Waals surface area contributed by atoms with Crippen molar-refractivity contribution in [1.29, 1.82) is 5.26 Å². The van der Waals surface area contributed by atoms with E-state index in [0.717, 1.165) is 6.42 Å². The summed E-state index contributed by atoms with van der Waals surface area (Å²) in [5, 5.41) is 12.0. The van der Waals surface area contributed by atoms with Crippen LogP contribution < -0.4 is 5.32 Å². The Labute approximate surface area is 126 Å². The van der Waals surface area contributed by atoms with Gasteiger partial charge in [-0.1, -0.05) is 26.2 Å². The summed E-state index contributed by atoms with van der Waals surface area (Å²) >= 11 is 0. The molecule has 1 aliphatic rings. The lowest BCUT2D eigenvalue weighted by molar-refractivity contribution is 0.0921. The average molecular weight is 285 g/mol. The molecule has 1 N–H and O–H groups in total. The molecule has 0 saturated heterocycles. The molecule has 1 aromatic rings. The van der Waals surface area contributed by atoms with Crippen LogP contribution in [0.3, 0.4) is 0 Å². The number of pyridine rings is 1. The van der Waals surface area contributed by atoms with Crippen LogP contribution in [0.15, 0.2) is 12.1 Å². The van der Waals surface area contributed by atoms with Crippen molar-refractivity contribution in [3.63, 3.8) is 0 Å². The van der Waals surface area contributed by atoms with Crippen LogP contribution in [0, 0.1) is 24.2 Å². The third-order valence-corrected chi connectivity index (χ3v) is 4.34. The zero-order chi connectivity index (χ0) is 15.2. The van der Waals surface area contributed by atoms with Gasteiger partial charge in [-0.05, 0) is 44.2 Å². The Morgan fingerprint density at radius 1 is 1.48 bits per heavy atom. The van der Waals surface area contributed by atoms with E-state index in [9.17, 15) is 4.79 Å². The number of aromatic nitrogens is 1. The Kier molecular flexibility index (Phi) is 5.32. The second kappa shape index (κ2) is 7.21. The minimum atomic E-state index is -0.115. The molecule has 0 bridgehead atoms. The summed E-state index contributed by atoms with van der Waals surface area (Å²) in [5.41, 5.74) is 1.54. The Hall–Kier alpha value is -1.89. The van der Waals surface area contributed by atoms with Gasteiger partial charge in [0.1, 0.15) is 11.8 Å². The molecule has 112 valence electrons. The van der Waals surface area contributed by atoms with E-state index in [1.165, 1.54) is 32.1 Å². The average Bonchev–Trinajstić information content (AvgIpc) is 2.92. The summed E-state index contributed by atoms with van der Waals surface area (Å²) in [6.07, 6.45) is 7.10. The highest BCUT2D eigenvalue weighted by Gasteiger charge is 2.28. The lowest BCUT2D eigenvalue weighted by Gasteiger charge is -2.20. The fourth-order valence-electron chi connectivity index (χ4n) is 3.09. The first-order valence-corrected chi connectivity index (χ1v) is 7.84. The number of nitrogens with zero attached hydrogens (tertiary/aromatic N) is 2. The van der Waals surface area contributed by atoms with Gasteiger partial charge in [-0.3, -0.25) is 4.79 Å². The van der Waals surface area contributed by atoms with Gasteiger partial charge in [0.2, 0.25) is 0 Å². The zero-order valence-corrected chi connectivity index (χ0v) is 12.9. The predicted molar refractivity (Wildman–Crippen MR) is 81.8 cm³/mol. The number of hydrogen-bond acceptors (Lipinski definition) is 3. The minimum absolute atomic E-state index is 0.115. The molecule has 4 heteroatoms. The largest absolute Gasteiger partial charge is 0.348 e. The number of hydrogen-bond donors (Lipinski definition) is 1. The molecule has 4 nitrogen and oxygen atoms in total. The molecule has 0 aliphatic heterocycles. The van der Waals surface area contributed by atoms with Gasteiger partial charge in [0, 0.05) is 6.04 Å². The molecule has 1 aromatic heterocycles. The molecule has 1 aliphatic carbocycles. The van der Waals surface area contributed by atoms with Crippen LogP contribution in [0.2, 0.25) is 0 Å². The van der Waals surface area contributed by atoms with Crippen LogP contribution in [-0.4, -0.2) is 16.9 Å². The molecule has 0 radical (unpaired) electrons. The Morgan fingerprint density at radius 2 is 2.29 bits per heavy atom. The van der Waals surface area contributed by atoms with Crippen molar-refractivity contribution < 1.29 is 4.79 Å². The van der Waals surface area contributed by atoms with Crippen molar-refractivity contribution in [2.45, 2.75) is 58.4 Å². The number of amides is 1. The Bertz CT molecular complexity index is 547. The van der Waals surface area contributed by atoms with E-state index in [1.807, 2.05) is 0 Å². The van der Waals surface area contributed by atoms with Crippen LogP contribution in [0.4, 0.5) is 0 Å². The molecule has 2 rings (SSSR count). The van der Waals surface area contributed by atoms with E-state index in [-0.39, 0.29) is 11.9 Å². The molecule has 1 saturated carbocycles. The van der Waals surface area contributed by atoms with Crippen molar-refractivity contribution in [3.05, 3.63) is 29.1 Å². The fraction of sp³-hybridized carbons (Fsp3) is 0.588. The van der Waals surface area contributed by atoms with E-state index in [4.69, 9.17) is 5.26 Å². The highest BCUT2D eigenvalue weighted by molar-refractivity contribution is 5.92. The molecule has 2 unspecified atom stereocenters. The normalized spacial score (nSPS) is 21.0. The lowest BCUT2D eigenvalue weighted by atomic mass is 9.96. The molecular weight excluding hydrogens is 262 g/mol. The van der Waals surface area contributed by atoms with Gasteiger partial charge < -0.3 is 5.32 Å². The van der Waals surface area contributed by atoms with Crippen LogP contribution in [0.5, 0.6) is 0 Å². The maximum Gasteiger partial charge on any atom is 0.270 e. The molecule has 0 aromatic carbocycles. The molecule has 1 heterocycles. The fourth-order valence-corrected chi connectivity index (χ4v) is 3.09. The molecule has 1 fully saturated rings. The Balaban J connectivity index is 2.00. The topological polar surface area (TPSA) is 65.8 Å². The summed E-state index contributed by atoms with van der Waals surface area (Å²) in [6, 6.07) is 5.65. The first kappa shape index (κ1) is 15.5.